The largest absolute Gasteiger partial charge is 0.488 e. The maximum absolute atomic E-state index is 11.6. The number of carbonyl (C=O) groups is 1. The maximum atomic E-state index is 11.6. The van der Waals surface area contributed by atoms with Crippen molar-refractivity contribution in [1.82, 2.24) is 24.6 Å². The SMILES string of the molecule is Cc1nc(NCc2cccc(B(O)O)c2)nc(-c2cnn3c(C(N)=O)cccc23)n1. The van der Waals surface area contributed by atoms with Gasteiger partial charge in [0.25, 0.3) is 5.91 Å². The minimum absolute atomic E-state index is 0.258. The molecular formula is C19H18BN7O3. The van der Waals surface area contributed by atoms with E-state index in [0.29, 0.717) is 40.7 Å². The summed E-state index contributed by atoms with van der Waals surface area (Å²) in [6.45, 7) is 2.13. The number of benzene rings is 1. The van der Waals surface area contributed by atoms with E-state index in [1.807, 2.05) is 6.07 Å². The summed E-state index contributed by atoms with van der Waals surface area (Å²) in [7, 11) is -1.53. The summed E-state index contributed by atoms with van der Waals surface area (Å²) in [5, 5.41) is 26.0. The zero-order valence-corrected chi connectivity index (χ0v) is 16.0. The van der Waals surface area contributed by atoms with E-state index in [1.54, 1.807) is 49.5 Å². The van der Waals surface area contributed by atoms with Gasteiger partial charge in [0.1, 0.15) is 11.5 Å². The minimum atomic E-state index is -1.53. The first-order valence-corrected chi connectivity index (χ1v) is 9.11. The van der Waals surface area contributed by atoms with Crippen LogP contribution in [-0.2, 0) is 6.54 Å². The van der Waals surface area contributed by atoms with Crippen molar-refractivity contribution in [3.63, 3.8) is 0 Å². The minimum Gasteiger partial charge on any atom is -0.423 e. The fourth-order valence-electron chi connectivity index (χ4n) is 3.10. The van der Waals surface area contributed by atoms with Gasteiger partial charge in [-0.25, -0.2) is 9.50 Å². The molecular weight excluding hydrogens is 385 g/mol. The monoisotopic (exact) mass is 403 g/mol. The standard InChI is InChI=1S/C19H18BN7O3/c1-11-24-18(14-10-23-27-15(14)6-3-7-16(27)17(21)28)26-19(25-11)22-9-12-4-2-5-13(8-12)20(29)30/h2-8,10,29-30H,9H2,1H3,(H2,21,28)(H,22,24,25,26). The Bertz CT molecular complexity index is 1240. The predicted molar refractivity (Wildman–Crippen MR) is 111 cm³/mol. The number of carbonyl (C=O) groups excluding carboxylic acids is 1. The lowest BCUT2D eigenvalue weighted by Gasteiger charge is -2.09. The molecule has 0 aliphatic rings. The summed E-state index contributed by atoms with van der Waals surface area (Å²) < 4.78 is 1.45. The zero-order chi connectivity index (χ0) is 21.3. The fraction of sp³-hybridized carbons (Fsp3) is 0.105. The van der Waals surface area contributed by atoms with Crippen LogP contribution in [0.15, 0.2) is 48.7 Å². The lowest BCUT2D eigenvalue weighted by molar-refractivity contribution is 0.0993. The highest BCUT2D eigenvalue weighted by Crippen LogP contribution is 2.23. The molecule has 3 aromatic heterocycles. The number of amides is 1. The number of aryl methyl sites for hydroxylation is 1. The van der Waals surface area contributed by atoms with Crippen molar-refractivity contribution < 1.29 is 14.8 Å². The summed E-state index contributed by atoms with van der Waals surface area (Å²) in [4.78, 5) is 24.8. The molecule has 4 rings (SSSR count). The van der Waals surface area contributed by atoms with Gasteiger partial charge in [0, 0.05) is 6.54 Å². The van der Waals surface area contributed by atoms with Crippen LogP contribution < -0.4 is 16.5 Å². The van der Waals surface area contributed by atoms with E-state index in [2.05, 4.69) is 25.4 Å². The number of pyridine rings is 1. The summed E-state index contributed by atoms with van der Waals surface area (Å²) in [6.07, 6.45) is 1.58. The smallest absolute Gasteiger partial charge is 0.423 e. The molecule has 4 aromatic rings. The Labute approximate surface area is 171 Å². The van der Waals surface area contributed by atoms with E-state index in [4.69, 9.17) is 5.73 Å². The van der Waals surface area contributed by atoms with Crippen molar-refractivity contribution in [3.8, 4) is 11.4 Å². The number of nitrogens with one attached hydrogen (secondary N) is 1. The Morgan fingerprint density at radius 3 is 2.73 bits per heavy atom. The second kappa shape index (κ2) is 7.89. The summed E-state index contributed by atoms with van der Waals surface area (Å²) in [5.74, 6) is 0.686. The van der Waals surface area contributed by atoms with Crippen LogP contribution in [0.4, 0.5) is 5.95 Å². The van der Waals surface area contributed by atoms with Crippen LogP contribution in [0, 0.1) is 6.92 Å². The molecule has 0 unspecified atom stereocenters. The third-order valence-electron chi connectivity index (χ3n) is 4.48. The van der Waals surface area contributed by atoms with E-state index >= 15 is 0 Å². The molecule has 5 N–H and O–H groups in total. The van der Waals surface area contributed by atoms with Gasteiger partial charge >= 0.3 is 7.12 Å². The van der Waals surface area contributed by atoms with Gasteiger partial charge in [-0.15, -0.1) is 0 Å². The van der Waals surface area contributed by atoms with E-state index in [1.165, 1.54) is 4.52 Å². The molecule has 0 aliphatic heterocycles. The fourth-order valence-corrected chi connectivity index (χ4v) is 3.10. The van der Waals surface area contributed by atoms with Crippen LogP contribution in [0.3, 0.4) is 0 Å². The Hall–Kier alpha value is -3.83. The van der Waals surface area contributed by atoms with Crippen molar-refractivity contribution in [2.45, 2.75) is 13.5 Å². The number of aromatic nitrogens is 5. The van der Waals surface area contributed by atoms with E-state index in [0.717, 1.165) is 5.56 Å². The van der Waals surface area contributed by atoms with Gasteiger partial charge < -0.3 is 21.1 Å². The molecule has 0 radical (unpaired) electrons. The van der Waals surface area contributed by atoms with Gasteiger partial charge in [-0.2, -0.15) is 15.1 Å². The second-order valence-corrected chi connectivity index (χ2v) is 6.63. The highest BCUT2D eigenvalue weighted by Gasteiger charge is 2.16. The van der Waals surface area contributed by atoms with Crippen LogP contribution in [0.25, 0.3) is 16.9 Å². The lowest BCUT2D eigenvalue weighted by Crippen LogP contribution is -2.30. The highest BCUT2D eigenvalue weighted by molar-refractivity contribution is 6.58. The molecule has 3 heterocycles. The van der Waals surface area contributed by atoms with Crippen LogP contribution in [0.2, 0.25) is 0 Å². The number of fused-ring (bicyclic) bond motifs is 1. The van der Waals surface area contributed by atoms with Gasteiger partial charge in [0.05, 0.1) is 17.3 Å². The maximum Gasteiger partial charge on any atom is 0.488 e. The van der Waals surface area contributed by atoms with Crippen molar-refractivity contribution >= 4 is 30.0 Å². The number of rotatable bonds is 6. The van der Waals surface area contributed by atoms with E-state index in [9.17, 15) is 14.8 Å². The number of nitrogens with zero attached hydrogens (tertiary/aromatic N) is 5. The van der Waals surface area contributed by atoms with Crippen LogP contribution in [0.5, 0.6) is 0 Å². The third kappa shape index (κ3) is 3.84. The number of hydrogen-bond donors (Lipinski definition) is 4. The van der Waals surface area contributed by atoms with Gasteiger partial charge in [-0.3, -0.25) is 4.79 Å². The molecule has 150 valence electrons. The van der Waals surface area contributed by atoms with Crippen LogP contribution >= 0.6 is 0 Å². The number of anilines is 1. The van der Waals surface area contributed by atoms with Crippen molar-refractivity contribution in [2.75, 3.05) is 5.32 Å². The zero-order valence-electron chi connectivity index (χ0n) is 16.0. The number of nitrogens with two attached hydrogens (primary N) is 1. The predicted octanol–water partition coefficient (Wildman–Crippen LogP) is -0.114. The van der Waals surface area contributed by atoms with Crippen molar-refractivity contribution in [2.24, 2.45) is 5.73 Å². The molecule has 1 amide bonds. The Morgan fingerprint density at radius 1 is 1.17 bits per heavy atom. The first-order chi connectivity index (χ1) is 14.4. The highest BCUT2D eigenvalue weighted by atomic mass is 16.4. The molecule has 0 atom stereocenters. The normalized spacial score (nSPS) is 10.9. The average molecular weight is 403 g/mol. The first kappa shape index (κ1) is 19.5. The summed E-state index contributed by atoms with van der Waals surface area (Å²) in [5.41, 5.74) is 8.19. The van der Waals surface area contributed by atoms with E-state index < -0.39 is 13.0 Å². The molecule has 0 aliphatic carbocycles. The third-order valence-corrected chi connectivity index (χ3v) is 4.48. The number of primary amides is 1. The second-order valence-electron chi connectivity index (χ2n) is 6.63. The summed E-state index contributed by atoms with van der Waals surface area (Å²) >= 11 is 0. The molecule has 0 saturated carbocycles. The van der Waals surface area contributed by atoms with Crippen LogP contribution in [-0.4, -0.2) is 47.6 Å². The van der Waals surface area contributed by atoms with E-state index in [-0.39, 0.29) is 5.69 Å². The molecule has 0 bridgehead atoms. The Balaban J connectivity index is 1.64. The molecule has 0 saturated heterocycles. The van der Waals surface area contributed by atoms with Gasteiger partial charge in [0.2, 0.25) is 5.95 Å². The Kier molecular flexibility index (Phi) is 5.13. The van der Waals surface area contributed by atoms with Gasteiger partial charge in [-0.05, 0) is 30.1 Å². The van der Waals surface area contributed by atoms with Gasteiger partial charge in [0.15, 0.2) is 5.82 Å². The molecule has 0 fully saturated rings. The molecule has 10 nitrogen and oxygen atoms in total. The van der Waals surface area contributed by atoms with Crippen LogP contribution in [0.1, 0.15) is 21.9 Å². The molecule has 1 aromatic carbocycles. The molecule has 11 heteroatoms. The lowest BCUT2D eigenvalue weighted by atomic mass is 9.80. The molecule has 30 heavy (non-hydrogen) atoms. The number of hydrogen-bond acceptors (Lipinski definition) is 8. The first-order valence-electron chi connectivity index (χ1n) is 9.11. The van der Waals surface area contributed by atoms with Crippen molar-refractivity contribution in [3.05, 3.63) is 65.7 Å². The topological polar surface area (TPSA) is 152 Å². The average Bonchev–Trinajstić information content (AvgIpc) is 3.16. The quantitative estimate of drug-likeness (QED) is 0.326. The van der Waals surface area contributed by atoms with Gasteiger partial charge in [-0.1, -0.05) is 30.3 Å². The molecule has 0 spiro atoms. The Morgan fingerprint density at radius 2 is 1.97 bits per heavy atom. The van der Waals surface area contributed by atoms with Crippen molar-refractivity contribution in [1.29, 1.82) is 0 Å². The summed E-state index contributed by atoms with van der Waals surface area (Å²) in [6, 6.07) is 12.0.